The maximum Gasteiger partial charge on any atom is 0.355 e. The number of ether oxygens (including phenoxy) is 1. The first kappa shape index (κ1) is 30.9. The molecule has 0 saturated carbocycles. The molecule has 44 heavy (non-hydrogen) atoms. The number of nitrogens with zero attached hydrogens (tertiary/aromatic N) is 1. The molecule has 1 aliphatic heterocycles. The average Bonchev–Trinajstić information content (AvgIpc) is 3.38. The highest BCUT2D eigenvalue weighted by Gasteiger charge is 2.28. The SMILES string of the molecule is Cc1cc(CN)ccc1NC(=O)c1cc2c(cc1-c1ccc(C(=O)NC(C)(C)CCO)nc1C(=O)O)OCCc1ccsc1-2. The average molecular weight is 615 g/mol. The van der Waals surface area contributed by atoms with Gasteiger partial charge in [-0.05, 0) is 85.7 Å². The number of aryl methyl sites for hydroxylation is 1. The number of aliphatic hydroxyl groups is 1. The quantitative estimate of drug-likeness (QED) is 0.175. The summed E-state index contributed by atoms with van der Waals surface area (Å²) >= 11 is 1.54. The first-order valence-corrected chi connectivity index (χ1v) is 15.1. The Labute approximate surface area is 258 Å². The predicted molar refractivity (Wildman–Crippen MR) is 169 cm³/mol. The van der Waals surface area contributed by atoms with Gasteiger partial charge in [-0.25, -0.2) is 9.78 Å². The minimum atomic E-state index is -1.36. The Balaban J connectivity index is 1.64. The van der Waals surface area contributed by atoms with Gasteiger partial charge in [0.2, 0.25) is 0 Å². The first-order chi connectivity index (χ1) is 21.0. The van der Waals surface area contributed by atoms with Crippen molar-refractivity contribution >= 4 is 34.8 Å². The smallest absolute Gasteiger partial charge is 0.355 e. The Bertz CT molecular complexity index is 1760. The zero-order chi connectivity index (χ0) is 31.6. The zero-order valence-electron chi connectivity index (χ0n) is 24.7. The van der Waals surface area contributed by atoms with Crippen LogP contribution in [0.5, 0.6) is 5.75 Å². The van der Waals surface area contributed by atoms with E-state index in [2.05, 4.69) is 15.6 Å². The Kier molecular flexibility index (Phi) is 8.82. The highest BCUT2D eigenvalue weighted by molar-refractivity contribution is 7.13. The van der Waals surface area contributed by atoms with Crippen molar-refractivity contribution in [2.75, 3.05) is 18.5 Å². The number of aromatic carboxylic acids is 1. The topological polar surface area (TPSA) is 164 Å². The Hall–Kier alpha value is -4.58. The van der Waals surface area contributed by atoms with Crippen LogP contribution in [0.25, 0.3) is 21.6 Å². The predicted octanol–water partition coefficient (Wildman–Crippen LogP) is 5.02. The van der Waals surface area contributed by atoms with Crippen molar-refractivity contribution in [3.05, 3.63) is 87.6 Å². The molecule has 2 aromatic carbocycles. The molecule has 0 fully saturated rings. The number of carbonyl (C=O) groups is 3. The number of pyridine rings is 1. The number of nitrogens with one attached hydrogen (secondary N) is 2. The number of anilines is 1. The molecule has 0 saturated heterocycles. The van der Waals surface area contributed by atoms with Gasteiger partial charge >= 0.3 is 5.97 Å². The number of amides is 2. The lowest BCUT2D eigenvalue weighted by Gasteiger charge is -2.25. The van der Waals surface area contributed by atoms with Gasteiger partial charge < -0.3 is 31.3 Å². The van der Waals surface area contributed by atoms with Crippen molar-refractivity contribution in [1.29, 1.82) is 0 Å². The molecule has 0 spiro atoms. The van der Waals surface area contributed by atoms with Crippen LogP contribution in [0.4, 0.5) is 5.69 Å². The van der Waals surface area contributed by atoms with Crippen molar-refractivity contribution in [2.45, 2.75) is 45.7 Å². The number of carbonyl (C=O) groups excluding carboxylic acids is 2. The molecular weight excluding hydrogens is 580 g/mol. The van der Waals surface area contributed by atoms with Crippen LogP contribution >= 0.6 is 11.3 Å². The van der Waals surface area contributed by atoms with Crippen LogP contribution in [0, 0.1) is 6.92 Å². The van der Waals surface area contributed by atoms with E-state index in [1.807, 2.05) is 30.5 Å². The Morgan fingerprint density at radius 2 is 1.84 bits per heavy atom. The number of aromatic nitrogens is 1. The number of hydrogen-bond donors (Lipinski definition) is 5. The lowest BCUT2D eigenvalue weighted by Crippen LogP contribution is -2.44. The number of carboxylic acids is 1. The third-order valence-electron chi connectivity index (χ3n) is 7.57. The minimum Gasteiger partial charge on any atom is -0.493 e. The fraction of sp³-hybridized carbons (Fsp3) is 0.273. The summed E-state index contributed by atoms with van der Waals surface area (Å²) in [6, 6.07) is 13.9. The second-order valence-corrected chi connectivity index (χ2v) is 12.2. The van der Waals surface area contributed by atoms with Crippen LogP contribution in [-0.4, -0.2) is 51.7 Å². The van der Waals surface area contributed by atoms with E-state index in [4.69, 9.17) is 10.5 Å². The third-order valence-corrected chi connectivity index (χ3v) is 8.56. The second-order valence-electron chi connectivity index (χ2n) is 11.3. The maximum absolute atomic E-state index is 14.0. The van der Waals surface area contributed by atoms with Crippen LogP contribution < -0.4 is 21.1 Å². The molecule has 3 heterocycles. The summed E-state index contributed by atoms with van der Waals surface area (Å²) in [5.41, 5.74) is 9.42. The molecular formula is C33H34N4O6S. The number of aliphatic hydroxyl groups excluding tert-OH is 1. The second kappa shape index (κ2) is 12.6. The largest absolute Gasteiger partial charge is 0.493 e. The van der Waals surface area contributed by atoms with Crippen molar-refractivity contribution in [1.82, 2.24) is 10.3 Å². The van der Waals surface area contributed by atoms with E-state index >= 15 is 0 Å². The zero-order valence-corrected chi connectivity index (χ0v) is 25.5. The standard InChI is InChI=1S/C33H34N4O6S/c1-18-14-19(17-34)4-6-25(18)36-30(39)23-15-24-27(43-12-8-20-9-13-44-29(20)24)16-22(23)21-5-7-26(35-28(21)32(41)42)31(40)37-33(2,3)10-11-38/h4-7,9,13-16,38H,8,10-12,17,34H2,1-3H3,(H,36,39)(H,37,40)(H,41,42). The van der Waals surface area contributed by atoms with Crippen molar-refractivity contribution in [3.63, 3.8) is 0 Å². The van der Waals surface area contributed by atoms with Gasteiger partial charge in [-0.1, -0.05) is 12.1 Å². The van der Waals surface area contributed by atoms with E-state index in [9.17, 15) is 24.6 Å². The number of thiophene rings is 1. The number of carboxylic acid groups (broad SMARTS) is 1. The van der Waals surface area contributed by atoms with E-state index in [-0.39, 0.29) is 29.1 Å². The highest BCUT2D eigenvalue weighted by Crippen LogP contribution is 2.43. The summed E-state index contributed by atoms with van der Waals surface area (Å²) in [5, 5.41) is 27.3. The van der Waals surface area contributed by atoms with Crippen LogP contribution in [-0.2, 0) is 13.0 Å². The summed E-state index contributed by atoms with van der Waals surface area (Å²) in [5.74, 6) is -1.87. The third kappa shape index (κ3) is 6.35. The van der Waals surface area contributed by atoms with Gasteiger partial charge in [0.25, 0.3) is 11.8 Å². The molecule has 0 bridgehead atoms. The minimum absolute atomic E-state index is 0.104. The molecule has 0 radical (unpaired) electrons. The fourth-order valence-electron chi connectivity index (χ4n) is 5.19. The maximum atomic E-state index is 14.0. The van der Waals surface area contributed by atoms with Crippen molar-refractivity contribution in [3.8, 4) is 27.3 Å². The Morgan fingerprint density at radius 3 is 2.55 bits per heavy atom. The number of rotatable bonds is 9. The molecule has 228 valence electrons. The number of nitrogens with two attached hydrogens (primary N) is 1. The van der Waals surface area contributed by atoms with E-state index in [0.29, 0.717) is 43.0 Å². The van der Waals surface area contributed by atoms with Gasteiger partial charge in [-0.2, -0.15) is 0 Å². The van der Waals surface area contributed by atoms with E-state index in [0.717, 1.165) is 27.1 Å². The van der Waals surface area contributed by atoms with Gasteiger partial charge in [0.15, 0.2) is 5.69 Å². The summed E-state index contributed by atoms with van der Waals surface area (Å²) in [7, 11) is 0. The molecule has 11 heteroatoms. The van der Waals surface area contributed by atoms with Crippen LogP contribution in [0.2, 0.25) is 0 Å². The van der Waals surface area contributed by atoms with Crippen molar-refractivity contribution < 1.29 is 29.3 Å². The molecule has 0 atom stereocenters. The van der Waals surface area contributed by atoms with Gasteiger partial charge in [0.1, 0.15) is 11.4 Å². The summed E-state index contributed by atoms with van der Waals surface area (Å²) in [6.45, 7) is 6.02. The van der Waals surface area contributed by atoms with E-state index in [1.54, 1.807) is 43.4 Å². The van der Waals surface area contributed by atoms with Crippen LogP contribution in [0.15, 0.2) is 53.9 Å². The monoisotopic (exact) mass is 614 g/mol. The van der Waals surface area contributed by atoms with Crippen molar-refractivity contribution in [2.24, 2.45) is 5.73 Å². The van der Waals surface area contributed by atoms with Gasteiger partial charge in [-0.3, -0.25) is 9.59 Å². The summed E-state index contributed by atoms with van der Waals surface area (Å²) in [4.78, 5) is 44.7. The normalized spacial score (nSPS) is 12.4. The molecule has 10 nitrogen and oxygen atoms in total. The van der Waals surface area contributed by atoms with Gasteiger partial charge in [0.05, 0.1) is 6.61 Å². The molecule has 0 aliphatic carbocycles. The number of fused-ring (bicyclic) bond motifs is 3. The van der Waals surface area contributed by atoms with Crippen LogP contribution in [0.3, 0.4) is 0 Å². The lowest BCUT2D eigenvalue weighted by molar-refractivity contribution is 0.0691. The van der Waals surface area contributed by atoms with Gasteiger partial charge in [-0.15, -0.1) is 11.3 Å². The molecule has 4 aromatic rings. The van der Waals surface area contributed by atoms with E-state index in [1.165, 1.54) is 12.1 Å². The highest BCUT2D eigenvalue weighted by atomic mass is 32.1. The number of hydrogen-bond acceptors (Lipinski definition) is 8. The molecule has 1 aliphatic rings. The molecule has 0 unspecified atom stereocenters. The summed E-state index contributed by atoms with van der Waals surface area (Å²) in [6.07, 6.45) is 0.992. The molecule has 2 amide bonds. The van der Waals surface area contributed by atoms with E-state index < -0.39 is 23.3 Å². The molecule has 6 N–H and O–H groups in total. The fourth-order valence-corrected chi connectivity index (χ4v) is 6.17. The number of benzene rings is 2. The van der Waals surface area contributed by atoms with Crippen LogP contribution in [0.1, 0.15) is 68.3 Å². The van der Waals surface area contributed by atoms with Gasteiger partial charge in [0, 0.05) is 57.9 Å². The lowest BCUT2D eigenvalue weighted by atomic mass is 9.93. The summed E-state index contributed by atoms with van der Waals surface area (Å²) < 4.78 is 6.10. The molecule has 5 rings (SSSR count). The molecule has 2 aromatic heterocycles. The Morgan fingerprint density at radius 1 is 1.05 bits per heavy atom. The first-order valence-electron chi connectivity index (χ1n) is 14.2.